The molecule has 1 atom stereocenters. The topological polar surface area (TPSA) is 96.0 Å². The molecule has 1 aromatic heterocycles. The van der Waals surface area contributed by atoms with Crippen LogP contribution >= 0.6 is 11.3 Å². The van der Waals surface area contributed by atoms with Crippen molar-refractivity contribution < 1.29 is 28.5 Å². The zero-order valence-electron chi connectivity index (χ0n) is 15.5. The molecule has 150 valence electrons. The van der Waals surface area contributed by atoms with Crippen molar-refractivity contribution >= 4 is 38.6 Å². The Labute approximate surface area is 170 Å². The largest absolute Gasteiger partial charge is 0.494 e. The lowest BCUT2D eigenvalue weighted by Gasteiger charge is -2.24. The average molecular weight is 414 g/mol. The molecule has 0 unspecified atom stereocenters. The Morgan fingerprint density at radius 3 is 2.90 bits per heavy atom. The van der Waals surface area contributed by atoms with Gasteiger partial charge in [0.1, 0.15) is 12.4 Å². The van der Waals surface area contributed by atoms with Gasteiger partial charge in [-0.3, -0.25) is 10.1 Å². The molecule has 9 heteroatoms. The molecule has 1 aliphatic rings. The van der Waals surface area contributed by atoms with Gasteiger partial charge >= 0.3 is 5.97 Å². The Morgan fingerprint density at radius 1 is 1.24 bits per heavy atom. The summed E-state index contributed by atoms with van der Waals surface area (Å²) in [6.45, 7) is 2.06. The molecule has 1 amide bonds. The maximum Gasteiger partial charge on any atom is 0.351 e. The molecule has 0 saturated heterocycles. The third kappa shape index (κ3) is 4.40. The number of esters is 1. The number of thiazole rings is 1. The second-order valence-corrected chi connectivity index (χ2v) is 7.13. The molecule has 0 fully saturated rings. The number of carbonyl (C=O) groups excluding carboxylic acids is 2. The van der Waals surface area contributed by atoms with E-state index in [1.165, 1.54) is 11.3 Å². The first-order valence-corrected chi connectivity index (χ1v) is 9.82. The van der Waals surface area contributed by atoms with Crippen LogP contribution < -0.4 is 19.5 Å². The fourth-order valence-electron chi connectivity index (χ4n) is 2.74. The smallest absolute Gasteiger partial charge is 0.351 e. The van der Waals surface area contributed by atoms with Gasteiger partial charge in [-0.2, -0.15) is 0 Å². The van der Waals surface area contributed by atoms with Gasteiger partial charge in [-0.1, -0.05) is 23.5 Å². The lowest BCUT2D eigenvalue weighted by molar-refractivity contribution is -0.156. The molecule has 8 nitrogen and oxygen atoms in total. The second-order valence-electron chi connectivity index (χ2n) is 6.10. The molecule has 0 aliphatic carbocycles. The van der Waals surface area contributed by atoms with Crippen molar-refractivity contribution in [2.24, 2.45) is 0 Å². The molecule has 1 aliphatic heterocycles. The molecule has 0 bridgehead atoms. The summed E-state index contributed by atoms with van der Waals surface area (Å²) in [7, 11) is 0. The Morgan fingerprint density at radius 2 is 2.07 bits per heavy atom. The monoisotopic (exact) mass is 414 g/mol. The van der Waals surface area contributed by atoms with Crippen molar-refractivity contribution in [1.29, 1.82) is 0 Å². The first kappa shape index (κ1) is 19.0. The Balaban J connectivity index is 1.31. The van der Waals surface area contributed by atoms with Crippen LogP contribution in [0.4, 0.5) is 5.13 Å². The van der Waals surface area contributed by atoms with Crippen molar-refractivity contribution in [3.05, 3.63) is 42.5 Å². The molecule has 1 N–H and O–H groups in total. The van der Waals surface area contributed by atoms with Crippen molar-refractivity contribution in [2.75, 3.05) is 25.1 Å². The second kappa shape index (κ2) is 8.36. The number of benzene rings is 2. The predicted molar refractivity (Wildman–Crippen MR) is 107 cm³/mol. The number of hydrogen-bond donors (Lipinski definition) is 1. The van der Waals surface area contributed by atoms with E-state index in [1.807, 2.05) is 31.2 Å². The van der Waals surface area contributed by atoms with E-state index in [0.29, 0.717) is 23.2 Å². The number of aromatic nitrogens is 1. The number of anilines is 1. The highest BCUT2D eigenvalue weighted by Crippen LogP contribution is 2.31. The van der Waals surface area contributed by atoms with Gasteiger partial charge in [0, 0.05) is 0 Å². The third-order valence-corrected chi connectivity index (χ3v) is 4.97. The van der Waals surface area contributed by atoms with Crippen molar-refractivity contribution in [1.82, 2.24) is 4.98 Å². The van der Waals surface area contributed by atoms with E-state index in [4.69, 9.17) is 18.9 Å². The molecule has 0 spiro atoms. The molecule has 4 rings (SSSR count). The van der Waals surface area contributed by atoms with Crippen molar-refractivity contribution in [3.8, 4) is 17.2 Å². The Bertz CT molecular complexity index is 1050. The van der Waals surface area contributed by atoms with Crippen LogP contribution in [-0.4, -0.2) is 42.8 Å². The van der Waals surface area contributed by atoms with Crippen LogP contribution in [0, 0.1) is 0 Å². The highest BCUT2D eigenvalue weighted by molar-refractivity contribution is 7.22. The number of amides is 1. The number of fused-ring (bicyclic) bond motifs is 2. The van der Waals surface area contributed by atoms with Gasteiger partial charge in [0.2, 0.25) is 6.10 Å². The average Bonchev–Trinajstić information content (AvgIpc) is 3.13. The van der Waals surface area contributed by atoms with Gasteiger partial charge in [-0.15, -0.1) is 0 Å². The summed E-state index contributed by atoms with van der Waals surface area (Å²) in [5, 5.41) is 3.05. The molecule has 2 heterocycles. The number of rotatable bonds is 6. The van der Waals surface area contributed by atoms with E-state index in [1.54, 1.807) is 18.2 Å². The number of nitrogens with zero attached hydrogens (tertiary/aromatic N) is 1. The first-order chi connectivity index (χ1) is 14.1. The lowest BCUT2D eigenvalue weighted by Crippen LogP contribution is -2.39. The molecule has 29 heavy (non-hydrogen) atoms. The summed E-state index contributed by atoms with van der Waals surface area (Å²) in [4.78, 5) is 28.6. The van der Waals surface area contributed by atoms with Crippen molar-refractivity contribution in [2.45, 2.75) is 13.0 Å². The number of nitrogens with one attached hydrogen (secondary N) is 1. The summed E-state index contributed by atoms with van der Waals surface area (Å²) >= 11 is 1.31. The molecule has 0 saturated carbocycles. The van der Waals surface area contributed by atoms with E-state index in [0.717, 1.165) is 16.0 Å². The van der Waals surface area contributed by atoms with Crippen LogP contribution in [0.3, 0.4) is 0 Å². The van der Waals surface area contributed by atoms with Gasteiger partial charge in [-0.25, -0.2) is 9.78 Å². The SMILES string of the molecule is CCOc1ccc2nc(NC(=O)COC(=O)[C@H]3COc4ccccc4O3)sc2c1. The highest BCUT2D eigenvalue weighted by Gasteiger charge is 2.29. The van der Waals surface area contributed by atoms with E-state index >= 15 is 0 Å². The summed E-state index contributed by atoms with van der Waals surface area (Å²) in [5.41, 5.74) is 0.747. The molecule has 0 radical (unpaired) electrons. The zero-order chi connectivity index (χ0) is 20.2. The van der Waals surface area contributed by atoms with Crippen molar-refractivity contribution in [3.63, 3.8) is 0 Å². The van der Waals surface area contributed by atoms with E-state index < -0.39 is 24.6 Å². The number of hydrogen-bond acceptors (Lipinski definition) is 8. The van der Waals surface area contributed by atoms with Crippen LogP contribution in [0.25, 0.3) is 10.2 Å². The van der Waals surface area contributed by atoms with E-state index in [2.05, 4.69) is 10.3 Å². The van der Waals surface area contributed by atoms with Gasteiger partial charge in [0.05, 0.1) is 16.8 Å². The summed E-state index contributed by atoms with van der Waals surface area (Å²) in [6, 6.07) is 12.5. The summed E-state index contributed by atoms with van der Waals surface area (Å²) in [6.07, 6.45) is -0.919. The molecule has 2 aromatic carbocycles. The predicted octanol–water partition coefficient (Wildman–Crippen LogP) is 3.02. The summed E-state index contributed by atoms with van der Waals surface area (Å²) < 4.78 is 22.4. The van der Waals surface area contributed by atoms with Gasteiger partial charge in [0.25, 0.3) is 5.91 Å². The normalized spacial score (nSPS) is 15.0. The fourth-order valence-corrected chi connectivity index (χ4v) is 3.65. The summed E-state index contributed by atoms with van der Waals surface area (Å²) in [5.74, 6) is 0.621. The third-order valence-electron chi connectivity index (χ3n) is 4.03. The minimum absolute atomic E-state index is 0.0253. The van der Waals surface area contributed by atoms with Crippen LogP contribution in [-0.2, 0) is 14.3 Å². The number of carbonyl (C=O) groups is 2. The van der Waals surface area contributed by atoms with Gasteiger partial charge in [0.15, 0.2) is 23.2 Å². The maximum atomic E-state index is 12.2. The standard InChI is InChI=1S/C20H18N2O6S/c1-2-25-12-7-8-13-17(9-12)29-20(21-13)22-18(23)11-27-19(24)16-10-26-14-5-3-4-6-15(14)28-16/h3-9,16H,2,10-11H2,1H3,(H,21,22,23)/t16-/m1/s1. The Kier molecular flexibility index (Phi) is 5.48. The highest BCUT2D eigenvalue weighted by atomic mass is 32.1. The van der Waals surface area contributed by atoms with Crippen LogP contribution in [0.1, 0.15) is 6.92 Å². The van der Waals surface area contributed by atoms with Crippen LogP contribution in [0.5, 0.6) is 17.2 Å². The van der Waals surface area contributed by atoms with Crippen LogP contribution in [0.2, 0.25) is 0 Å². The van der Waals surface area contributed by atoms with Gasteiger partial charge in [-0.05, 0) is 37.3 Å². The minimum atomic E-state index is -0.919. The van der Waals surface area contributed by atoms with E-state index in [9.17, 15) is 9.59 Å². The zero-order valence-corrected chi connectivity index (χ0v) is 16.4. The Hall–Kier alpha value is -3.33. The van der Waals surface area contributed by atoms with E-state index in [-0.39, 0.29) is 6.61 Å². The minimum Gasteiger partial charge on any atom is -0.494 e. The van der Waals surface area contributed by atoms with Crippen LogP contribution in [0.15, 0.2) is 42.5 Å². The quantitative estimate of drug-likeness (QED) is 0.620. The number of para-hydroxylation sites is 2. The molecule has 3 aromatic rings. The lowest BCUT2D eigenvalue weighted by atomic mass is 10.2. The number of ether oxygens (including phenoxy) is 4. The maximum absolute atomic E-state index is 12.2. The fraction of sp³-hybridized carbons (Fsp3) is 0.250. The molecular weight excluding hydrogens is 396 g/mol. The van der Waals surface area contributed by atoms with Gasteiger partial charge < -0.3 is 18.9 Å². The first-order valence-electron chi connectivity index (χ1n) is 9.00. The molecular formula is C20H18N2O6S.